The van der Waals surface area contributed by atoms with Crippen molar-refractivity contribution >= 4 is 5.95 Å². The molecular weight excluding hydrogens is 245 g/mol. The zero-order valence-corrected chi connectivity index (χ0v) is 10.4. The number of nitrogen functional groups attached to an aromatic ring is 1. The van der Waals surface area contributed by atoms with Crippen LogP contribution in [0.25, 0.3) is 0 Å². The molecule has 0 unspecified atom stereocenters. The third-order valence-electron chi connectivity index (χ3n) is 3.27. The first-order valence-electron chi connectivity index (χ1n) is 6.30. The number of hydrogen-bond acceptors (Lipinski definition) is 4. The second-order valence-electron chi connectivity index (χ2n) is 4.62. The molecule has 0 radical (unpaired) electrons. The highest BCUT2D eigenvalue weighted by Crippen LogP contribution is 2.28. The van der Waals surface area contributed by atoms with Crippen LogP contribution < -0.4 is 10.5 Å². The molecule has 19 heavy (non-hydrogen) atoms. The van der Waals surface area contributed by atoms with Gasteiger partial charge in [0.2, 0.25) is 11.8 Å². The summed E-state index contributed by atoms with van der Waals surface area (Å²) < 4.78 is 18.9. The molecule has 2 aromatic rings. The lowest BCUT2D eigenvalue weighted by atomic mass is 9.92. The van der Waals surface area contributed by atoms with E-state index < -0.39 is 5.82 Å². The van der Waals surface area contributed by atoms with E-state index in [0.29, 0.717) is 5.75 Å². The highest BCUT2D eigenvalue weighted by atomic mass is 19.1. The van der Waals surface area contributed by atoms with Crippen molar-refractivity contribution in [1.82, 2.24) is 9.97 Å². The number of ether oxygens (including phenoxy) is 1. The number of halogens is 1. The van der Waals surface area contributed by atoms with Gasteiger partial charge in [-0.15, -0.1) is 0 Å². The number of benzene rings is 1. The Bertz CT molecular complexity index is 616. The molecule has 1 aliphatic carbocycles. The normalized spacial score (nSPS) is 13.9. The van der Waals surface area contributed by atoms with Gasteiger partial charge < -0.3 is 10.5 Å². The van der Waals surface area contributed by atoms with E-state index in [0.717, 1.165) is 19.0 Å². The Morgan fingerprint density at radius 3 is 2.79 bits per heavy atom. The Labute approximate surface area is 110 Å². The number of anilines is 1. The van der Waals surface area contributed by atoms with E-state index in [9.17, 15) is 4.39 Å². The van der Waals surface area contributed by atoms with Crippen LogP contribution in [0.2, 0.25) is 0 Å². The summed E-state index contributed by atoms with van der Waals surface area (Å²) in [5.74, 6) is -0.179. The smallest absolute Gasteiger partial charge is 0.260 e. The number of nitrogens with two attached hydrogens (primary N) is 1. The van der Waals surface area contributed by atoms with E-state index in [2.05, 4.69) is 9.97 Å². The van der Waals surface area contributed by atoms with Crippen LogP contribution in [0.15, 0.2) is 24.4 Å². The number of hydrogen-bond donors (Lipinski definition) is 1. The van der Waals surface area contributed by atoms with Gasteiger partial charge in [-0.05, 0) is 48.9 Å². The number of fused-ring (bicyclic) bond motifs is 1. The summed E-state index contributed by atoms with van der Waals surface area (Å²) in [4.78, 5) is 7.31. The molecule has 1 aromatic heterocycles. The van der Waals surface area contributed by atoms with Gasteiger partial charge in [-0.3, -0.25) is 0 Å². The maximum absolute atomic E-state index is 13.5. The molecule has 4 nitrogen and oxygen atoms in total. The number of aromatic nitrogens is 2. The second kappa shape index (κ2) is 4.84. The molecule has 0 amide bonds. The maximum Gasteiger partial charge on any atom is 0.260 e. The van der Waals surface area contributed by atoms with Crippen LogP contribution in [0, 0.1) is 5.82 Å². The molecule has 0 aliphatic heterocycles. The van der Waals surface area contributed by atoms with Gasteiger partial charge in [-0.25, -0.2) is 4.98 Å². The summed E-state index contributed by atoms with van der Waals surface area (Å²) in [5, 5.41) is 0. The van der Waals surface area contributed by atoms with Crippen molar-refractivity contribution in [2.24, 2.45) is 0 Å². The highest BCUT2D eigenvalue weighted by molar-refractivity contribution is 5.39. The van der Waals surface area contributed by atoms with E-state index in [1.807, 2.05) is 18.2 Å². The van der Waals surface area contributed by atoms with Gasteiger partial charge in [0.25, 0.3) is 5.88 Å². The van der Waals surface area contributed by atoms with Gasteiger partial charge in [-0.2, -0.15) is 9.37 Å². The van der Waals surface area contributed by atoms with Crippen LogP contribution in [-0.2, 0) is 12.8 Å². The van der Waals surface area contributed by atoms with Crippen molar-refractivity contribution in [3.05, 3.63) is 41.3 Å². The third kappa shape index (κ3) is 2.50. The zero-order chi connectivity index (χ0) is 13.2. The molecule has 0 spiro atoms. The first kappa shape index (κ1) is 11.9. The third-order valence-corrected chi connectivity index (χ3v) is 3.27. The molecule has 3 rings (SSSR count). The lowest BCUT2D eigenvalue weighted by Gasteiger charge is -2.16. The molecule has 0 saturated carbocycles. The van der Waals surface area contributed by atoms with Crippen LogP contribution >= 0.6 is 0 Å². The average molecular weight is 259 g/mol. The van der Waals surface area contributed by atoms with E-state index in [1.165, 1.54) is 24.0 Å². The van der Waals surface area contributed by atoms with E-state index in [-0.39, 0.29) is 11.8 Å². The van der Waals surface area contributed by atoms with Gasteiger partial charge in [-0.1, -0.05) is 6.07 Å². The van der Waals surface area contributed by atoms with E-state index >= 15 is 0 Å². The maximum atomic E-state index is 13.5. The minimum atomic E-state index is -0.619. The SMILES string of the molecule is Nc1ncc(F)c(Oc2ccc3c(c2)CCCC3)n1. The average Bonchev–Trinajstić information content (AvgIpc) is 2.43. The summed E-state index contributed by atoms with van der Waals surface area (Å²) in [5.41, 5.74) is 8.04. The summed E-state index contributed by atoms with van der Waals surface area (Å²) in [6.07, 6.45) is 5.57. The Morgan fingerprint density at radius 2 is 1.95 bits per heavy atom. The standard InChI is InChI=1S/C14H14FN3O/c15-12-8-17-14(16)18-13(12)19-11-6-5-9-3-1-2-4-10(9)7-11/h5-8H,1-4H2,(H2,16,17,18). The van der Waals surface area contributed by atoms with Gasteiger partial charge in [0.15, 0.2) is 0 Å². The van der Waals surface area contributed by atoms with Crippen molar-refractivity contribution in [3.63, 3.8) is 0 Å². The molecule has 98 valence electrons. The lowest BCUT2D eigenvalue weighted by Crippen LogP contribution is -2.03. The Morgan fingerprint density at radius 1 is 1.16 bits per heavy atom. The topological polar surface area (TPSA) is 61.0 Å². The fourth-order valence-corrected chi connectivity index (χ4v) is 2.32. The molecule has 1 heterocycles. The highest BCUT2D eigenvalue weighted by Gasteiger charge is 2.12. The second-order valence-corrected chi connectivity index (χ2v) is 4.62. The molecule has 2 N–H and O–H groups in total. The molecule has 0 fully saturated rings. The fraction of sp³-hybridized carbons (Fsp3) is 0.286. The van der Waals surface area contributed by atoms with Gasteiger partial charge >= 0.3 is 0 Å². The summed E-state index contributed by atoms with van der Waals surface area (Å²) in [6.45, 7) is 0. The van der Waals surface area contributed by atoms with Crippen molar-refractivity contribution in [2.45, 2.75) is 25.7 Å². The molecular formula is C14H14FN3O. The molecule has 1 aliphatic rings. The van der Waals surface area contributed by atoms with Gasteiger partial charge in [0, 0.05) is 0 Å². The van der Waals surface area contributed by atoms with Crippen LogP contribution in [0.4, 0.5) is 10.3 Å². The summed E-state index contributed by atoms with van der Waals surface area (Å²) in [6, 6.07) is 5.82. The van der Waals surface area contributed by atoms with Crippen LogP contribution in [-0.4, -0.2) is 9.97 Å². The number of nitrogens with zero attached hydrogens (tertiary/aromatic N) is 2. The fourth-order valence-electron chi connectivity index (χ4n) is 2.32. The van der Waals surface area contributed by atoms with Crippen LogP contribution in [0.3, 0.4) is 0 Å². The predicted molar refractivity (Wildman–Crippen MR) is 69.6 cm³/mol. The zero-order valence-electron chi connectivity index (χ0n) is 10.4. The number of rotatable bonds is 2. The van der Waals surface area contributed by atoms with Crippen molar-refractivity contribution in [2.75, 3.05) is 5.73 Å². The Balaban J connectivity index is 1.89. The predicted octanol–water partition coefficient (Wildman–Crippen LogP) is 2.87. The van der Waals surface area contributed by atoms with Crippen molar-refractivity contribution in [3.8, 4) is 11.6 Å². The molecule has 5 heteroatoms. The largest absolute Gasteiger partial charge is 0.436 e. The first-order chi connectivity index (χ1) is 9.22. The molecule has 0 saturated heterocycles. The van der Waals surface area contributed by atoms with Gasteiger partial charge in [0.05, 0.1) is 6.20 Å². The quantitative estimate of drug-likeness (QED) is 0.900. The van der Waals surface area contributed by atoms with Crippen LogP contribution in [0.5, 0.6) is 11.6 Å². The molecule has 0 bridgehead atoms. The minimum absolute atomic E-state index is 0.00522. The van der Waals surface area contributed by atoms with E-state index in [1.54, 1.807) is 0 Å². The Hall–Kier alpha value is -2.17. The lowest BCUT2D eigenvalue weighted by molar-refractivity contribution is 0.420. The summed E-state index contributed by atoms with van der Waals surface area (Å²) in [7, 11) is 0. The van der Waals surface area contributed by atoms with Crippen molar-refractivity contribution in [1.29, 1.82) is 0 Å². The molecule has 0 atom stereocenters. The van der Waals surface area contributed by atoms with Crippen molar-refractivity contribution < 1.29 is 9.13 Å². The Kier molecular flexibility index (Phi) is 3.03. The van der Waals surface area contributed by atoms with Gasteiger partial charge in [0.1, 0.15) is 5.75 Å². The monoisotopic (exact) mass is 259 g/mol. The molecule has 1 aromatic carbocycles. The summed E-state index contributed by atoms with van der Waals surface area (Å²) >= 11 is 0. The first-order valence-corrected chi connectivity index (χ1v) is 6.30. The van der Waals surface area contributed by atoms with Crippen LogP contribution in [0.1, 0.15) is 24.0 Å². The minimum Gasteiger partial charge on any atom is -0.436 e. The number of aryl methyl sites for hydroxylation is 2. The van der Waals surface area contributed by atoms with E-state index in [4.69, 9.17) is 10.5 Å².